The minimum absolute atomic E-state index is 0.234. The highest BCUT2D eigenvalue weighted by Gasteiger charge is 2.21. The van der Waals surface area contributed by atoms with Gasteiger partial charge in [-0.2, -0.15) is 0 Å². The molecule has 0 N–H and O–H groups in total. The van der Waals surface area contributed by atoms with Crippen LogP contribution in [0.25, 0.3) is 22.3 Å². The summed E-state index contributed by atoms with van der Waals surface area (Å²) in [6.07, 6.45) is -0.476. The Labute approximate surface area is 173 Å². The quantitative estimate of drug-likeness (QED) is 0.605. The fraction of sp³-hybridized carbons (Fsp3) is 0.273. The Kier molecular flexibility index (Phi) is 6.15. The third-order valence-corrected chi connectivity index (χ3v) is 4.63. The standard InChI is InChI=1S/C22H23NO7/c1-6-23(2)22(25)29-14-9-7-8-13(10-14)16-11-15(24)19-17(30-16)12-18(26-3)20(27-4)21(19)28-5/h7-12H,6H2,1-5H3. The zero-order valence-electron chi connectivity index (χ0n) is 17.5. The average Bonchev–Trinajstić information content (AvgIpc) is 2.76. The first-order valence-corrected chi connectivity index (χ1v) is 9.23. The van der Waals surface area contributed by atoms with Crippen molar-refractivity contribution >= 4 is 17.1 Å². The largest absolute Gasteiger partial charge is 0.493 e. The van der Waals surface area contributed by atoms with Gasteiger partial charge in [-0.1, -0.05) is 12.1 Å². The maximum Gasteiger partial charge on any atom is 0.414 e. The van der Waals surface area contributed by atoms with Crippen molar-refractivity contribution < 1.29 is 28.2 Å². The SMILES string of the molecule is CCN(C)C(=O)Oc1cccc(-c2cc(=O)c3c(OC)c(OC)c(OC)cc3o2)c1. The van der Waals surface area contributed by atoms with Crippen molar-refractivity contribution in [3.8, 4) is 34.3 Å². The topological polar surface area (TPSA) is 87.4 Å². The van der Waals surface area contributed by atoms with Gasteiger partial charge >= 0.3 is 6.09 Å². The lowest BCUT2D eigenvalue weighted by Gasteiger charge is -2.15. The minimum Gasteiger partial charge on any atom is -0.493 e. The lowest BCUT2D eigenvalue weighted by atomic mass is 10.1. The van der Waals surface area contributed by atoms with Crippen LogP contribution in [0.1, 0.15) is 6.92 Å². The van der Waals surface area contributed by atoms with E-state index in [-0.39, 0.29) is 22.1 Å². The van der Waals surface area contributed by atoms with Gasteiger partial charge < -0.3 is 28.3 Å². The highest BCUT2D eigenvalue weighted by Crippen LogP contribution is 2.42. The summed E-state index contributed by atoms with van der Waals surface area (Å²) in [4.78, 5) is 26.3. The van der Waals surface area contributed by atoms with Gasteiger partial charge in [0, 0.05) is 31.3 Å². The van der Waals surface area contributed by atoms with Crippen LogP contribution in [0.4, 0.5) is 4.79 Å². The van der Waals surface area contributed by atoms with Crippen molar-refractivity contribution in [1.29, 1.82) is 0 Å². The number of methoxy groups -OCH3 is 3. The average molecular weight is 413 g/mol. The second kappa shape index (κ2) is 8.77. The molecule has 3 rings (SSSR count). The second-order valence-electron chi connectivity index (χ2n) is 6.40. The van der Waals surface area contributed by atoms with Crippen LogP contribution < -0.4 is 24.4 Å². The van der Waals surface area contributed by atoms with Gasteiger partial charge in [0.2, 0.25) is 5.75 Å². The number of amides is 1. The van der Waals surface area contributed by atoms with Crippen LogP contribution in [0.15, 0.2) is 45.6 Å². The molecular formula is C22H23NO7. The van der Waals surface area contributed by atoms with Gasteiger partial charge in [-0.3, -0.25) is 4.79 Å². The Morgan fingerprint density at radius 3 is 2.40 bits per heavy atom. The van der Waals surface area contributed by atoms with Crippen LogP contribution in [0, 0.1) is 0 Å². The van der Waals surface area contributed by atoms with Gasteiger partial charge in [-0.25, -0.2) is 4.79 Å². The fourth-order valence-corrected chi connectivity index (χ4v) is 2.95. The molecule has 0 atom stereocenters. The van der Waals surface area contributed by atoms with Crippen molar-refractivity contribution in [1.82, 2.24) is 4.90 Å². The van der Waals surface area contributed by atoms with Gasteiger partial charge in [-0.15, -0.1) is 0 Å². The lowest BCUT2D eigenvalue weighted by molar-refractivity contribution is 0.165. The molecule has 1 aromatic heterocycles. The predicted molar refractivity (Wildman–Crippen MR) is 112 cm³/mol. The van der Waals surface area contributed by atoms with E-state index in [0.717, 1.165) is 0 Å². The molecule has 0 fully saturated rings. The normalized spacial score (nSPS) is 10.6. The molecule has 3 aromatic rings. The second-order valence-corrected chi connectivity index (χ2v) is 6.40. The third-order valence-electron chi connectivity index (χ3n) is 4.63. The van der Waals surface area contributed by atoms with E-state index in [2.05, 4.69) is 0 Å². The smallest absolute Gasteiger partial charge is 0.414 e. The van der Waals surface area contributed by atoms with Gasteiger partial charge in [0.05, 0.1) is 21.3 Å². The van der Waals surface area contributed by atoms with Gasteiger partial charge in [-0.05, 0) is 19.1 Å². The van der Waals surface area contributed by atoms with Crippen LogP contribution in [-0.4, -0.2) is 45.9 Å². The van der Waals surface area contributed by atoms with Crippen molar-refractivity contribution in [3.63, 3.8) is 0 Å². The summed E-state index contributed by atoms with van der Waals surface area (Å²) < 4.78 is 27.4. The van der Waals surface area contributed by atoms with Crippen LogP contribution in [-0.2, 0) is 0 Å². The summed E-state index contributed by atoms with van der Waals surface area (Å²) in [6.45, 7) is 2.37. The molecule has 0 aliphatic carbocycles. The number of carbonyl (C=O) groups is 1. The fourth-order valence-electron chi connectivity index (χ4n) is 2.95. The molecule has 0 bridgehead atoms. The molecule has 8 nitrogen and oxygen atoms in total. The zero-order chi connectivity index (χ0) is 21.8. The lowest BCUT2D eigenvalue weighted by Crippen LogP contribution is -2.29. The van der Waals surface area contributed by atoms with E-state index in [9.17, 15) is 9.59 Å². The molecule has 0 aliphatic rings. The Morgan fingerprint density at radius 1 is 1.03 bits per heavy atom. The van der Waals surface area contributed by atoms with Crippen LogP contribution in [0.5, 0.6) is 23.0 Å². The van der Waals surface area contributed by atoms with Crippen LogP contribution in [0.2, 0.25) is 0 Å². The van der Waals surface area contributed by atoms with Crippen LogP contribution >= 0.6 is 0 Å². The molecule has 0 saturated heterocycles. The molecule has 0 unspecified atom stereocenters. The molecule has 1 heterocycles. The molecule has 30 heavy (non-hydrogen) atoms. The van der Waals surface area contributed by atoms with Crippen molar-refractivity contribution in [2.75, 3.05) is 34.9 Å². The summed E-state index contributed by atoms with van der Waals surface area (Å²) in [5.41, 5.74) is 0.546. The number of ether oxygens (including phenoxy) is 4. The number of fused-ring (bicyclic) bond motifs is 1. The summed E-state index contributed by atoms with van der Waals surface area (Å²) in [6, 6.07) is 9.67. The molecule has 2 aromatic carbocycles. The van der Waals surface area contributed by atoms with Crippen molar-refractivity contribution in [3.05, 3.63) is 46.6 Å². The maximum atomic E-state index is 12.9. The highest BCUT2D eigenvalue weighted by atomic mass is 16.6. The number of hydrogen-bond acceptors (Lipinski definition) is 7. The van der Waals surface area contributed by atoms with Crippen molar-refractivity contribution in [2.24, 2.45) is 0 Å². The Balaban J connectivity index is 2.11. The molecule has 0 spiro atoms. The summed E-state index contributed by atoms with van der Waals surface area (Å²) in [5, 5.41) is 0.242. The predicted octanol–water partition coefficient (Wildman–Crippen LogP) is 3.94. The molecule has 8 heteroatoms. The highest BCUT2D eigenvalue weighted by molar-refractivity contribution is 5.90. The van der Waals surface area contributed by atoms with E-state index in [1.165, 1.54) is 32.3 Å². The zero-order valence-corrected chi connectivity index (χ0v) is 17.5. The molecule has 0 aliphatic heterocycles. The Morgan fingerprint density at radius 2 is 1.77 bits per heavy atom. The molecular weight excluding hydrogens is 390 g/mol. The first-order chi connectivity index (χ1) is 14.4. The molecule has 0 radical (unpaired) electrons. The summed E-state index contributed by atoms with van der Waals surface area (Å²) >= 11 is 0. The number of carbonyl (C=O) groups excluding carboxylic acids is 1. The Hall–Kier alpha value is -3.68. The number of hydrogen-bond donors (Lipinski definition) is 0. The van der Waals surface area contributed by atoms with Crippen LogP contribution in [0.3, 0.4) is 0 Å². The Bertz CT molecular complexity index is 1140. The molecule has 158 valence electrons. The van der Waals surface area contributed by atoms with Gasteiger partial charge in [0.25, 0.3) is 0 Å². The molecule has 1 amide bonds. The monoisotopic (exact) mass is 413 g/mol. The van der Waals surface area contributed by atoms with E-state index in [1.807, 2.05) is 6.92 Å². The van der Waals surface area contributed by atoms with Gasteiger partial charge in [0.1, 0.15) is 22.5 Å². The summed E-state index contributed by atoms with van der Waals surface area (Å²) in [5.74, 6) is 1.56. The maximum absolute atomic E-state index is 12.9. The van der Waals surface area contributed by atoms with E-state index < -0.39 is 6.09 Å². The van der Waals surface area contributed by atoms with Crippen molar-refractivity contribution in [2.45, 2.75) is 6.92 Å². The number of nitrogens with zero attached hydrogens (tertiary/aromatic N) is 1. The van der Waals surface area contributed by atoms with E-state index in [0.29, 0.717) is 35.1 Å². The number of benzene rings is 2. The first-order valence-electron chi connectivity index (χ1n) is 9.23. The number of rotatable bonds is 6. The first kappa shape index (κ1) is 21.0. The summed E-state index contributed by atoms with van der Waals surface area (Å²) in [7, 11) is 6.03. The van der Waals surface area contributed by atoms with E-state index in [1.54, 1.807) is 37.4 Å². The minimum atomic E-state index is -0.476. The molecule has 0 saturated carbocycles. The van der Waals surface area contributed by atoms with E-state index >= 15 is 0 Å². The van der Waals surface area contributed by atoms with Gasteiger partial charge in [0.15, 0.2) is 16.9 Å². The van der Waals surface area contributed by atoms with E-state index in [4.69, 9.17) is 23.4 Å². The third kappa shape index (κ3) is 3.89.